The standard InChI is InChI=1S/C19H36N2O2.C17H38N4.C6H15N.C5H4Cl2O2.C5H6O4.C5H11OS.C5H10OS.C5H10.C3H5BrO.C3H6.C2H6S.BrH.Cl2OS.H2O/c1-3-5-7-9-11-13-20-18(22)16-15-17(16)19(23)21-14-12-10-8-6-4-2;1-3-18-9-5-7-11-20-14-16-13-17(16)15-21-12-8-6-10-19-4-2;1-2-3-4-5-6-7;6-4(8)2-1-3(2)5(7)9;6-4(7)2-1-3(2)5(8)9;2*1-5(6)4-7(2)3;1-4-3-5(4)2;1-3(5)2-4;2*1-3-2;;1-4(2)3;/h16-17H,3-15H2,1-2H3,(H,20,22)(H,21,23);16-21H,3-15H2,1-2H3;2-7H2,1H3;2-3H,1H2;2-3H,1H2,(H,6,7)(H,8,9);4H2,1-3H3;4H,1-3H3;4-5H,3H2,1-2H3;2H2,1H3;3H,1H2,2H3;1-2H3;1H;;1H2/q;;;;;+1;;;;;;;;/p-2. The maximum atomic E-state index is 12.0. The highest BCUT2D eigenvalue weighted by Crippen LogP contribution is 2.42. The molecule has 5 aliphatic carbocycles. The monoisotopic (exact) mass is 1780 g/mol. The van der Waals surface area contributed by atoms with Gasteiger partial charge in [-0.2, -0.15) is 11.8 Å². The van der Waals surface area contributed by atoms with Crippen LogP contribution in [0.1, 0.15) is 224 Å². The van der Waals surface area contributed by atoms with Crippen molar-refractivity contribution in [1.82, 2.24) is 31.9 Å². The van der Waals surface area contributed by atoms with Crippen molar-refractivity contribution in [3.63, 3.8) is 0 Å². The molecule has 5 saturated carbocycles. The van der Waals surface area contributed by atoms with Gasteiger partial charge in [0.05, 0.1) is 41.5 Å². The Hall–Kier alpha value is -1.08. The van der Waals surface area contributed by atoms with Crippen LogP contribution in [0.3, 0.4) is 0 Å². The molecule has 0 radical (unpaired) electrons. The number of Topliss-reactive ketones (excluding diaryl/α,β-unsaturated/α-hetero) is 2. The number of thioether (sulfide) groups is 1. The van der Waals surface area contributed by atoms with Gasteiger partial charge in [-0.1, -0.05) is 154 Å². The van der Waals surface area contributed by atoms with Crippen LogP contribution >= 0.6 is 72.3 Å². The first-order valence-electron chi connectivity index (χ1n) is 37.3. The first-order valence-corrected chi connectivity index (χ1v) is 47.9. The van der Waals surface area contributed by atoms with E-state index in [0.717, 1.165) is 81.4 Å². The van der Waals surface area contributed by atoms with E-state index >= 15 is 0 Å². The van der Waals surface area contributed by atoms with E-state index < -0.39 is 43.5 Å². The van der Waals surface area contributed by atoms with Gasteiger partial charge in [-0.3, -0.25) is 38.4 Å². The molecule has 10 unspecified atom stereocenters. The molecular weight excluding hydrogens is 1640 g/mol. The largest absolute Gasteiger partial charge is 1.00 e. The summed E-state index contributed by atoms with van der Waals surface area (Å²) in [4.78, 5) is 84.5. The average molecular weight is 1790 g/mol. The molecule has 10 atom stereocenters. The van der Waals surface area contributed by atoms with Crippen molar-refractivity contribution < 1.29 is 80.3 Å². The summed E-state index contributed by atoms with van der Waals surface area (Å²) >= 11 is 14.8. The number of allylic oxidation sites excluding steroid dienone is 2. The maximum Gasteiger partial charge on any atom is 0.307 e. The SMILES string of the molecule is C=CC.CC(=O)CBr.CC(=O)C[S+](C)C.CC([O-])=C[S+](C)C.CC1CC1C.CCCCCCCNC(=O)C1CC1C(=O)NCCCCCCC.CCCCCCN.CCNCCCCNCC1CC1CNCCCCNCC.CSC.O=C(Cl)C1CC1C(=O)Cl.O=C(O)C1CC1C(=O)O.O=S(Cl)Cl.[Br-].[OH-]. The number of nitrogens with two attached hydrogens (primary N) is 1. The third-order valence-corrected chi connectivity index (χ3v) is 18.5. The molecule has 0 spiro atoms. The van der Waals surface area contributed by atoms with Gasteiger partial charge in [0.15, 0.2) is 11.5 Å². The number of aliphatic carboxylic acids is 2. The fourth-order valence-corrected chi connectivity index (χ4v) is 10.9. The van der Waals surface area contributed by atoms with Crippen molar-refractivity contribution in [2.75, 3.05) is 121 Å². The van der Waals surface area contributed by atoms with Gasteiger partial charge in [-0.25, -0.2) is 4.21 Å². The topological polar surface area (TPSA) is 345 Å². The van der Waals surface area contributed by atoms with Crippen LogP contribution in [0.2, 0.25) is 0 Å². The van der Waals surface area contributed by atoms with Crippen molar-refractivity contribution in [2.24, 2.45) is 64.9 Å². The zero-order valence-corrected chi connectivity index (χ0v) is 77.0. The van der Waals surface area contributed by atoms with Crippen LogP contribution in [-0.2, 0) is 69.4 Å². The normalized spacial score (nSPS) is 19.3. The minimum atomic E-state index is -1.67. The first kappa shape index (κ1) is 122. The zero-order valence-electron chi connectivity index (χ0n) is 67.5. The van der Waals surface area contributed by atoms with Gasteiger partial charge in [0.1, 0.15) is 23.7 Å². The van der Waals surface area contributed by atoms with E-state index in [4.69, 9.17) is 43.4 Å². The second-order valence-corrected chi connectivity index (χ2v) is 35.5. The number of halogens is 6. The first-order chi connectivity index (χ1) is 48.6. The van der Waals surface area contributed by atoms with Crippen LogP contribution in [0.25, 0.3) is 0 Å². The molecule has 0 saturated heterocycles. The third-order valence-electron chi connectivity index (χ3n) is 15.4. The average Bonchev–Trinajstić information content (AvgIpc) is 1.68. The van der Waals surface area contributed by atoms with Gasteiger partial charge >= 0.3 is 11.9 Å². The van der Waals surface area contributed by atoms with Crippen LogP contribution in [0.4, 0.5) is 0 Å². The molecule has 0 aliphatic heterocycles. The second kappa shape index (κ2) is 88.5. The lowest BCUT2D eigenvalue weighted by Crippen LogP contribution is -3.00. The lowest BCUT2D eigenvalue weighted by molar-refractivity contribution is -0.301. The Kier molecular flexibility index (Phi) is 103. The van der Waals surface area contributed by atoms with Crippen molar-refractivity contribution >= 4 is 149 Å². The molecule has 5 aliphatic rings. The number of carboxylic acids is 2. The predicted octanol–water partition coefficient (Wildman–Crippen LogP) is 11.1. The van der Waals surface area contributed by atoms with Gasteiger partial charge in [0, 0.05) is 57.2 Å². The number of hydrogen-bond donors (Lipinski definition) is 9. The number of carboxylic acid groups (broad SMARTS) is 2. The van der Waals surface area contributed by atoms with E-state index in [1.807, 2.05) is 31.9 Å². The predicted molar refractivity (Wildman–Crippen MR) is 454 cm³/mol. The molecule has 628 valence electrons. The third kappa shape index (κ3) is 103. The molecule has 0 aromatic rings. The number of nitrogens with one attached hydrogen (secondary N) is 6. The molecule has 105 heavy (non-hydrogen) atoms. The fourth-order valence-electron chi connectivity index (χ4n) is 8.91. The van der Waals surface area contributed by atoms with Crippen LogP contribution in [0.15, 0.2) is 23.8 Å². The van der Waals surface area contributed by atoms with Gasteiger partial charge in [0.25, 0.3) is 0 Å². The summed E-state index contributed by atoms with van der Waals surface area (Å²) in [6.07, 6.45) is 40.8. The van der Waals surface area contributed by atoms with E-state index in [9.17, 15) is 43.5 Å². The second-order valence-electron chi connectivity index (χ2n) is 26.6. The fraction of sp³-hybridized carbons (Fsp3) is 0.840. The molecule has 5 fully saturated rings. The van der Waals surface area contributed by atoms with Gasteiger partial charge in [-0.15, -0.1) is 6.58 Å². The van der Waals surface area contributed by atoms with Crippen LogP contribution < -0.4 is 59.7 Å². The summed E-state index contributed by atoms with van der Waals surface area (Å²) in [5.41, 5.74) is 5.27. The summed E-state index contributed by atoms with van der Waals surface area (Å²) in [6.45, 7) is 37.3. The minimum absolute atomic E-state index is 0. The summed E-state index contributed by atoms with van der Waals surface area (Å²) in [5.74, 6) is 1.53. The number of carbonyl (C=O) groups is 8. The highest BCUT2D eigenvalue weighted by molar-refractivity contribution is 9.09. The lowest BCUT2D eigenvalue weighted by atomic mass is 10.1. The smallest absolute Gasteiger partial charge is 0.307 e. The molecule has 0 aromatic carbocycles. The van der Waals surface area contributed by atoms with Gasteiger partial charge < -0.3 is 75.4 Å². The van der Waals surface area contributed by atoms with Crippen molar-refractivity contribution in [3.05, 3.63) is 23.8 Å². The molecule has 2 amide bonds. The van der Waals surface area contributed by atoms with Crippen molar-refractivity contribution in [3.8, 4) is 0 Å². The number of alkyl halides is 1. The summed E-state index contributed by atoms with van der Waals surface area (Å²) in [7, 11) is 7.84. The zero-order chi connectivity index (χ0) is 80.5. The van der Waals surface area contributed by atoms with E-state index in [2.05, 4.69) is 137 Å². The number of ketones is 2. The van der Waals surface area contributed by atoms with E-state index in [1.54, 1.807) is 37.1 Å². The van der Waals surface area contributed by atoms with Gasteiger partial charge in [-0.05, 0) is 227 Å². The van der Waals surface area contributed by atoms with Crippen molar-refractivity contribution in [2.45, 2.75) is 224 Å². The number of rotatable bonds is 42. The molecular formula is C75H148Br2Cl4N7O13S4-. The number of carbonyl (C=O) groups excluding carboxylic acids is 6. The lowest BCUT2D eigenvalue weighted by Gasteiger charge is -2.06. The molecule has 5 rings (SSSR count). The van der Waals surface area contributed by atoms with Crippen LogP contribution in [0, 0.1) is 59.2 Å². The number of unbranched alkanes of at least 4 members (excludes halogenated alkanes) is 13. The highest BCUT2D eigenvalue weighted by Gasteiger charge is 2.49. The summed E-state index contributed by atoms with van der Waals surface area (Å²) < 4.78 is 9.09. The Balaban J connectivity index is -0.000000145. The van der Waals surface area contributed by atoms with Crippen LogP contribution in [0.5, 0.6) is 0 Å². The van der Waals surface area contributed by atoms with Gasteiger partial charge in [0.2, 0.25) is 31.5 Å². The maximum absolute atomic E-state index is 12.0. The van der Waals surface area contributed by atoms with Crippen LogP contribution in [-0.4, -0.2) is 186 Å². The molecule has 0 aromatic heterocycles. The molecule has 11 N–H and O–H groups in total. The number of hydrogen-bond acceptors (Lipinski definition) is 17. The van der Waals surface area contributed by atoms with Crippen molar-refractivity contribution in [1.29, 1.82) is 0 Å². The molecule has 0 bridgehead atoms. The van der Waals surface area contributed by atoms with E-state index in [-0.39, 0.29) is 80.4 Å². The Morgan fingerprint density at radius 2 is 0.848 bits per heavy atom. The van der Waals surface area contributed by atoms with E-state index in [1.165, 1.54) is 162 Å². The molecule has 20 nitrogen and oxygen atoms in total. The number of amides is 2. The summed E-state index contributed by atoms with van der Waals surface area (Å²) in [5, 5.41) is 47.9. The highest BCUT2D eigenvalue weighted by atomic mass is 79.9. The molecule has 0 heterocycles. The Morgan fingerprint density at radius 3 is 1.05 bits per heavy atom. The summed E-state index contributed by atoms with van der Waals surface area (Å²) in [6, 6.07) is 0. The Morgan fingerprint density at radius 1 is 0.562 bits per heavy atom. The quantitative estimate of drug-likeness (QED) is 0.00684. The van der Waals surface area contributed by atoms with E-state index in [0.29, 0.717) is 34.8 Å². The minimum Gasteiger partial charge on any atom is -1.00 e. The Labute approximate surface area is 688 Å². The molecule has 30 heteroatoms. The Bertz CT molecular complexity index is 2020.